The number of nitrogens with one attached hydrogen (secondary N) is 1. The van der Waals surface area contributed by atoms with Crippen LogP contribution in [0.2, 0.25) is 0 Å². The Bertz CT molecular complexity index is 855. The van der Waals surface area contributed by atoms with Crippen molar-refractivity contribution in [3.63, 3.8) is 0 Å². The summed E-state index contributed by atoms with van der Waals surface area (Å²) < 4.78 is 13.0. The third-order valence-electron chi connectivity index (χ3n) is 5.32. The number of nitrogens with zero attached hydrogens (tertiary/aromatic N) is 5. The topological polar surface area (TPSA) is 76.8 Å². The largest absolute Gasteiger partial charge is 0.494 e. The number of aliphatic imine (C=N–C) groups is 1. The molecule has 1 aliphatic rings. The Morgan fingerprint density at radius 2 is 2.06 bits per heavy atom. The summed E-state index contributed by atoms with van der Waals surface area (Å²) in [6.07, 6.45) is 2.92. The average Bonchev–Trinajstić information content (AvgIpc) is 3.09. The Morgan fingerprint density at radius 1 is 1.23 bits per heavy atom. The molecule has 31 heavy (non-hydrogen) atoms. The van der Waals surface area contributed by atoms with Crippen LogP contribution in [0.5, 0.6) is 5.75 Å². The van der Waals surface area contributed by atoms with Gasteiger partial charge in [-0.2, -0.15) is 0 Å². The van der Waals surface area contributed by atoms with E-state index in [9.17, 15) is 0 Å². The van der Waals surface area contributed by atoms with Crippen molar-refractivity contribution in [1.29, 1.82) is 0 Å². The van der Waals surface area contributed by atoms with Crippen molar-refractivity contribution in [2.45, 2.75) is 46.2 Å². The molecule has 0 radical (unpaired) electrons. The lowest BCUT2D eigenvalue weighted by Gasteiger charge is -2.32. The van der Waals surface area contributed by atoms with E-state index >= 15 is 0 Å². The van der Waals surface area contributed by atoms with Gasteiger partial charge >= 0.3 is 0 Å². The highest BCUT2D eigenvalue weighted by atomic mass is 127. The Labute approximate surface area is 202 Å². The van der Waals surface area contributed by atoms with E-state index < -0.39 is 0 Å². The van der Waals surface area contributed by atoms with Crippen LogP contribution < -0.4 is 10.1 Å². The molecule has 0 fully saturated rings. The molecule has 0 bridgehead atoms. The van der Waals surface area contributed by atoms with Crippen LogP contribution in [0.3, 0.4) is 0 Å². The lowest BCUT2D eigenvalue weighted by molar-refractivity contribution is 0.195. The quantitative estimate of drug-likeness (QED) is 0.227. The summed E-state index contributed by atoms with van der Waals surface area (Å²) in [7, 11) is 3.70. The van der Waals surface area contributed by atoms with E-state index in [4.69, 9.17) is 14.5 Å². The molecule has 0 atom stereocenters. The van der Waals surface area contributed by atoms with E-state index in [-0.39, 0.29) is 24.0 Å². The van der Waals surface area contributed by atoms with Gasteiger partial charge in [-0.05, 0) is 49.4 Å². The van der Waals surface area contributed by atoms with E-state index in [0.717, 1.165) is 75.5 Å². The number of methoxy groups -OCH3 is 1. The first-order valence-electron chi connectivity index (χ1n) is 10.7. The normalized spacial score (nSPS) is 13.5. The maximum atomic E-state index is 5.80. The van der Waals surface area contributed by atoms with Gasteiger partial charge in [0.25, 0.3) is 0 Å². The fourth-order valence-electron chi connectivity index (χ4n) is 3.44. The van der Waals surface area contributed by atoms with Crippen LogP contribution in [-0.2, 0) is 31.3 Å². The second kappa shape index (κ2) is 12.8. The summed E-state index contributed by atoms with van der Waals surface area (Å²) in [5.74, 6) is 3.62. The highest BCUT2D eigenvalue weighted by Gasteiger charge is 2.20. The molecular weight excluding hydrogens is 507 g/mol. The standard InChI is InChI=1S/C22H34N6O2.HI/c1-5-12-30-20-8-7-19-16-28(11-9-18(19)14-20)22(23-10-6-13-29-4)24-15-21-26-25-17(2)27(21)3;/h7-8,14H,5-6,9-13,15-16H2,1-4H3,(H,23,24);1H. The van der Waals surface area contributed by atoms with Crippen LogP contribution >= 0.6 is 24.0 Å². The van der Waals surface area contributed by atoms with Gasteiger partial charge in [0.1, 0.15) is 18.1 Å². The molecule has 0 amide bonds. The van der Waals surface area contributed by atoms with Crippen molar-refractivity contribution in [2.24, 2.45) is 12.0 Å². The summed E-state index contributed by atoms with van der Waals surface area (Å²) in [6.45, 7) is 8.62. The first-order chi connectivity index (χ1) is 14.6. The number of aryl methyl sites for hydroxylation is 1. The summed E-state index contributed by atoms with van der Waals surface area (Å²) in [5.41, 5.74) is 2.69. The number of hydrogen-bond donors (Lipinski definition) is 1. The monoisotopic (exact) mass is 542 g/mol. The molecular formula is C22H35IN6O2. The van der Waals surface area contributed by atoms with Gasteiger partial charge in [-0.25, -0.2) is 4.99 Å². The van der Waals surface area contributed by atoms with Gasteiger partial charge in [0.15, 0.2) is 11.8 Å². The van der Waals surface area contributed by atoms with Gasteiger partial charge in [-0.1, -0.05) is 13.0 Å². The van der Waals surface area contributed by atoms with Crippen LogP contribution in [-0.4, -0.2) is 59.0 Å². The van der Waals surface area contributed by atoms with Crippen LogP contribution in [0, 0.1) is 6.92 Å². The minimum Gasteiger partial charge on any atom is -0.494 e. The molecule has 1 aliphatic heterocycles. The lowest BCUT2D eigenvalue weighted by atomic mass is 9.99. The minimum atomic E-state index is 0. The molecule has 3 rings (SSSR count). The molecule has 1 aromatic carbocycles. The minimum absolute atomic E-state index is 0. The molecule has 0 spiro atoms. The second-order valence-corrected chi connectivity index (χ2v) is 7.59. The fraction of sp³-hybridized carbons (Fsp3) is 0.591. The molecule has 1 aromatic heterocycles. The summed E-state index contributed by atoms with van der Waals surface area (Å²) in [4.78, 5) is 7.17. The van der Waals surface area contributed by atoms with Crippen LogP contribution in [0.25, 0.3) is 0 Å². The second-order valence-electron chi connectivity index (χ2n) is 7.59. The van der Waals surface area contributed by atoms with Crippen molar-refractivity contribution in [3.05, 3.63) is 41.0 Å². The first-order valence-corrected chi connectivity index (χ1v) is 10.7. The zero-order chi connectivity index (χ0) is 21.3. The third-order valence-corrected chi connectivity index (χ3v) is 5.32. The Hall–Kier alpha value is -1.88. The van der Waals surface area contributed by atoms with Gasteiger partial charge in [-0.15, -0.1) is 34.2 Å². The summed E-state index contributed by atoms with van der Waals surface area (Å²) in [6, 6.07) is 6.44. The predicted octanol–water partition coefficient (Wildman–Crippen LogP) is 3.07. The number of hydrogen-bond acceptors (Lipinski definition) is 5. The number of benzene rings is 1. The zero-order valence-corrected chi connectivity index (χ0v) is 21.4. The molecule has 9 heteroatoms. The maximum absolute atomic E-state index is 5.80. The van der Waals surface area contributed by atoms with E-state index in [1.807, 2.05) is 18.5 Å². The van der Waals surface area contributed by atoms with Crippen molar-refractivity contribution >= 4 is 29.9 Å². The number of aromatic nitrogens is 3. The molecule has 172 valence electrons. The fourth-order valence-corrected chi connectivity index (χ4v) is 3.44. The number of fused-ring (bicyclic) bond motifs is 1. The lowest BCUT2D eigenvalue weighted by Crippen LogP contribution is -2.44. The third kappa shape index (κ3) is 7.06. The number of ether oxygens (including phenoxy) is 2. The average molecular weight is 542 g/mol. The Kier molecular flexibility index (Phi) is 10.5. The van der Waals surface area contributed by atoms with Crippen LogP contribution in [0.4, 0.5) is 0 Å². The first kappa shape index (κ1) is 25.4. The molecule has 1 N–H and O–H groups in total. The van der Waals surface area contributed by atoms with E-state index in [1.165, 1.54) is 11.1 Å². The van der Waals surface area contributed by atoms with Crippen LogP contribution in [0.15, 0.2) is 23.2 Å². The van der Waals surface area contributed by atoms with E-state index in [2.05, 4.69) is 45.5 Å². The molecule has 0 unspecified atom stereocenters. The number of guanidine groups is 1. The van der Waals surface area contributed by atoms with Gasteiger partial charge < -0.3 is 24.3 Å². The smallest absolute Gasteiger partial charge is 0.194 e. The van der Waals surface area contributed by atoms with E-state index in [1.54, 1.807) is 7.11 Å². The molecule has 0 aliphatic carbocycles. The summed E-state index contributed by atoms with van der Waals surface area (Å²) >= 11 is 0. The van der Waals surface area contributed by atoms with Crippen molar-refractivity contribution in [1.82, 2.24) is 25.0 Å². The van der Waals surface area contributed by atoms with Gasteiger partial charge in [-0.3, -0.25) is 0 Å². The zero-order valence-electron chi connectivity index (χ0n) is 19.1. The highest BCUT2D eigenvalue weighted by molar-refractivity contribution is 14.0. The molecule has 8 nitrogen and oxygen atoms in total. The SMILES string of the molecule is CCCOc1ccc2c(c1)CCN(C(=NCc1nnc(C)n1C)NCCCOC)C2.I. The van der Waals surface area contributed by atoms with Gasteiger partial charge in [0, 0.05) is 40.4 Å². The predicted molar refractivity (Wildman–Crippen MR) is 133 cm³/mol. The highest BCUT2D eigenvalue weighted by Crippen LogP contribution is 2.24. The van der Waals surface area contributed by atoms with Crippen molar-refractivity contribution < 1.29 is 9.47 Å². The van der Waals surface area contributed by atoms with Gasteiger partial charge in [0.2, 0.25) is 0 Å². The van der Waals surface area contributed by atoms with Gasteiger partial charge in [0.05, 0.1) is 6.61 Å². The molecule has 0 saturated heterocycles. The summed E-state index contributed by atoms with van der Waals surface area (Å²) in [5, 5.41) is 11.9. The number of rotatable bonds is 9. The van der Waals surface area contributed by atoms with Crippen molar-refractivity contribution in [3.8, 4) is 5.75 Å². The van der Waals surface area contributed by atoms with Crippen molar-refractivity contribution in [2.75, 3.05) is 33.4 Å². The molecule has 0 saturated carbocycles. The maximum Gasteiger partial charge on any atom is 0.194 e. The van der Waals surface area contributed by atoms with Crippen LogP contribution in [0.1, 0.15) is 42.5 Å². The Balaban J connectivity index is 0.00000341. The molecule has 2 aromatic rings. The van der Waals surface area contributed by atoms with E-state index in [0.29, 0.717) is 6.54 Å². The number of halogens is 1. The molecule has 2 heterocycles. The Morgan fingerprint density at radius 3 is 2.77 bits per heavy atom.